The lowest BCUT2D eigenvalue weighted by molar-refractivity contribution is -0.253. The minimum atomic E-state index is -4.61. The number of nitrogens with two attached hydrogens (primary N) is 1. The average molecular weight is 323 g/mol. The number of hydrogen-bond acceptors (Lipinski definition) is 4. The van der Waals surface area contributed by atoms with E-state index in [2.05, 4.69) is 9.47 Å². The third-order valence-corrected chi connectivity index (χ3v) is 3.21. The van der Waals surface area contributed by atoms with Gasteiger partial charge in [-0.3, -0.25) is 4.79 Å². The van der Waals surface area contributed by atoms with Crippen molar-refractivity contribution in [2.45, 2.75) is 32.4 Å². The molecule has 0 spiro atoms. The SMILES string of the molecule is COC(=O)C(C)(C)[C@@H](N)c1cccc(OC(F)(F)C(F)F)c1. The van der Waals surface area contributed by atoms with Crippen molar-refractivity contribution in [2.24, 2.45) is 11.1 Å². The summed E-state index contributed by atoms with van der Waals surface area (Å²) >= 11 is 0. The highest BCUT2D eigenvalue weighted by atomic mass is 19.3. The summed E-state index contributed by atoms with van der Waals surface area (Å²) in [5, 5.41) is 0. The molecular weight excluding hydrogens is 306 g/mol. The molecule has 1 atom stereocenters. The molecule has 0 saturated heterocycles. The number of rotatable bonds is 6. The number of ether oxygens (including phenoxy) is 2. The van der Waals surface area contributed by atoms with Gasteiger partial charge in [-0.15, -0.1) is 0 Å². The predicted molar refractivity (Wildman–Crippen MR) is 70.7 cm³/mol. The molecule has 0 aliphatic heterocycles. The lowest BCUT2D eigenvalue weighted by Crippen LogP contribution is -2.37. The van der Waals surface area contributed by atoms with Crippen molar-refractivity contribution in [3.63, 3.8) is 0 Å². The fourth-order valence-electron chi connectivity index (χ4n) is 1.78. The van der Waals surface area contributed by atoms with Gasteiger partial charge in [-0.25, -0.2) is 0 Å². The van der Waals surface area contributed by atoms with Crippen molar-refractivity contribution in [1.29, 1.82) is 0 Å². The van der Waals surface area contributed by atoms with Gasteiger partial charge in [0, 0.05) is 6.04 Å². The first kappa shape index (κ1) is 18.2. The van der Waals surface area contributed by atoms with Gasteiger partial charge in [-0.2, -0.15) is 17.6 Å². The smallest absolute Gasteiger partial charge is 0.461 e. The maximum absolute atomic E-state index is 12.9. The molecule has 1 aromatic carbocycles. The van der Waals surface area contributed by atoms with Gasteiger partial charge in [0.2, 0.25) is 0 Å². The van der Waals surface area contributed by atoms with Crippen LogP contribution >= 0.6 is 0 Å². The fraction of sp³-hybridized carbons (Fsp3) is 0.500. The molecule has 124 valence electrons. The van der Waals surface area contributed by atoms with Crippen LogP contribution in [0.15, 0.2) is 24.3 Å². The van der Waals surface area contributed by atoms with Crippen molar-refractivity contribution < 1.29 is 31.8 Å². The minimum Gasteiger partial charge on any atom is -0.469 e. The normalized spacial score (nSPS) is 13.9. The van der Waals surface area contributed by atoms with E-state index in [0.29, 0.717) is 0 Å². The van der Waals surface area contributed by atoms with E-state index in [0.717, 1.165) is 12.1 Å². The summed E-state index contributed by atoms with van der Waals surface area (Å²) in [7, 11) is 1.19. The minimum absolute atomic E-state index is 0.276. The van der Waals surface area contributed by atoms with Crippen LogP contribution in [0.3, 0.4) is 0 Å². The summed E-state index contributed by atoms with van der Waals surface area (Å²) in [5.74, 6) is -1.07. The molecule has 0 aliphatic rings. The van der Waals surface area contributed by atoms with Crippen LogP contribution in [0.5, 0.6) is 5.75 Å². The number of alkyl halides is 4. The molecule has 0 radical (unpaired) electrons. The molecule has 8 heteroatoms. The van der Waals surface area contributed by atoms with E-state index in [1.807, 2.05) is 0 Å². The summed E-state index contributed by atoms with van der Waals surface area (Å²) < 4.78 is 58.7. The Hall–Kier alpha value is -1.83. The van der Waals surface area contributed by atoms with Crippen molar-refractivity contribution in [2.75, 3.05) is 7.11 Å². The number of carbonyl (C=O) groups is 1. The second kappa shape index (κ2) is 6.51. The van der Waals surface area contributed by atoms with Crippen LogP contribution in [0.2, 0.25) is 0 Å². The molecule has 4 nitrogen and oxygen atoms in total. The molecule has 0 aromatic heterocycles. The van der Waals surface area contributed by atoms with Gasteiger partial charge in [0.1, 0.15) is 5.75 Å². The van der Waals surface area contributed by atoms with E-state index in [1.54, 1.807) is 0 Å². The first-order valence-corrected chi connectivity index (χ1v) is 6.31. The zero-order valence-electron chi connectivity index (χ0n) is 12.3. The molecule has 0 saturated carbocycles. The van der Waals surface area contributed by atoms with Gasteiger partial charge in [0.15, 0.2) is 0 Å². The Bertz CT molecular complexity index is 535. The third kappa shape index (κ3) is 3.88. The number of hydrogen-bond donors (Lipinski definition) is 1. The van der Waals surface area contributed by atoms with E-state index >= 15 is 0 Å². The monoisotopic (exact) mass is 323 g/mol. The van der Waals surface area contributed by atoms with Crippen molar-refractivity contribution in [1.82, 2.24) is 0 Å². The van der Waals surface area contributed by atoms with Gasteiger partial charge < -0.3 is 15.2 Å². The Balaban J connectivity index is 3.04. The maximum Gasteiger partial charge on any atom is 0.461 e. The number of carbonyl (C=O) groups excluding carboxylic acids is 1. The van der Waals surface area contributed by atoms with Crippen LogP contribution in [0.1, 0.15) is 25.5 Å². The summed E-state index contributed by atoms with van der Waals surface area (Å²) in [5.41, 5.74) is 5.09. The first-order valence-electron chi connectivity index (χ1n) is 6.31. The largest absolute Gasteiger partial charge is 0.469 e. The first-order chi connectivity index (χ1) is 10.0. The number of halogens is 4. The second-order valence-corrected chi connectivity index (χ2v) is 5.23. The molecule has 0 aliphatic carbocycles. The molecule has 0 heterocycles. The maximum atomic E-state index is 12.9. The number of esters is 1. The average Bonchev–Trinajstić information content (AvgIpc) is 2.45. The van der Waals surface area contributed by atoms with Gasteiger partial charge in [0.05, 0.1) is 12.5 Å². The summed E-state index contributed by atoms with van der Waals surface area (Å²) in [6, 6.07) is 4.08. The zero-order valence-corrected chi connectivity index (χ0v) is 12.3. The van der Waals surface area contributed by atoms with Gasteiger partial charge >= 0.3 is 18.5 Å². The van der Waals surface area contributed by atoms with E-state index < -0.39 is 35.7 Å². The highest BCUT2D eigenvalue weighted by molar-refractivity contribution is 5.77. The van der Waals surface area contributed by atoms with E-state index in [1.165, 1.54) is 33.1 Å². The lowest BCUT2D eigenvalue weighted by atomic mass is 9.81. The third-order valence-electron chi connectivity index (χ3n) is 3.21. The Kier molecular flexibility index (Phi) is 5.39. The summed E-state index contributed by atoms with van der Waals surface area (Å²) in [4.78, 5) is 11.7. The summed E-state index contributed by atoms with van der Waals surface area (Å²) in [6.07, 6.45) is -8.57. The molecule has 2 N–H and O–H groups in total. The van der Waals surface area contributed by atoms with Crippen molar-refractivity contribution in [3.8, 4) is 5.75 Å². The Morgan fingerprint density at radius 2 is 1.86 bits per heavy atom. The molecule has 0 bridgehead atoms. The molecule has 0 amide bonds. The topological polar surface area (TPSA) is 61.5 Å². The molecule has 0 unspecified atom stereocenters. The molecule has 22 heavy (non-hydrogen) atoms. The predicted octanol–water partition coefficient (Wildman–Crippen LogP) is 3.12. The van der Waals surface area contributed by atoms with Gasteiger partial charge in [0.25, 0.3) is 0 Å². The van der Waals surface area contributed by atoms with E-state index in [-0.39, 0.29) is 5.56 Å². The number of methoxy groups -OCH3 is 1. The molecule has 1 rings (SSSR count). The molecular formula is C14H17F4NO3. The summed E-state index contributed by atoms with van der Waals surface area (Å²) in [6.45, 7) is 3.04. The van der Waals surface area contributed by atoms with Crippen LogP contribution in [0.4, 0.5) is 17.6 Å². The molecule has 0 fully saturated rings. The number of benzene rings is 1. The highest BCUT2D eigenvalue weighted by Crippen LogP contribution is 2.35. The van der Waals surface area contributed by atoms with Crippen LogP contribution in [-0.2, 0) is 9.53 Å². The van der Waals surface area contributed by atoms with E-state index in [4.69, 9.17) is 5.73 Å². The van der Waals surface area contributed by atoms with Crippen LogP contribution in [-0.4, -0.2) is 25.6 Å². The zero-order chi connectivity index (χ0) is 17.1. The Labute approximate surface area is 125 Å². The quantitative estimate of drug-likeness (QED) is 0.645. The molecule has 1 aromatic rings. The van der Waals surface area contributed by atoms with Crippen LogP contribution in [0.25, 0.3) is 0 Å². The van der Waals surface area contributed by atoms with Crippen LogP contribution < -0.4 is 10.5 Å². The van der Waals surface area contributed by atoms with E-state index in [9.17, 15) is 22.4 Å². The van der Waals surface area contributed by atoms with Crippen molar-refractivity contribution >= 4 is 5.97 Å². The van der Waals surface area contributed by atoms with Gasteiger partial charge in [-0.05, 0) is 31.5 Å². The Morgan fingerprint density at radius 1 is 1.27 bits per heavy atom. The highest BCUT2D eigenvalue weighted by Gasteiger charge is 2.44. The fourth-order valence-corrected chi connectivity index (χ4v) is 1.78. The van der Waals surface area contributed by atoms with Crippen LogP contribution in [0, 0.1) is 5.41 Å². The standard InChI is InChI=1S/C14H17F4NO3/c1-13(2,12(20)21-3)10(19)8-5-4-6-9(7-8)22-14(17,18)11(15)16/h4-7,10-11H,19H2,1-3H3/t10-/m0/s1. The van der Waals surface area contributed by atoms with Crippen molar-refractivity contribution in [3.05, 3.63) is 29.8 Å². The van der Waals surface area contributed by atoms with Gasteiger partial charge in [-0.1, -0.05) is 12.1 Å². The lowest BCUT2D eigenvalue weighted by Gasteiger charge is -2.29. The Morgan fingerprint density at radius 3 is 2.36 bits per heavy atom. The second-order valence-electron chi connectivity index (χ2n) is 5.23.